The van der Waals surface area contributed by atoms with Crippen molar-refractivity contribution in [3.8, 4) is 0 Å². The van der Waals surface area contributed by atoms with Crippen molar-refractivity contribution in [1.82, 2.24) is 5.32 Å². The Morgan fingerprint density at radius 2 is 2.06 bits per heavy atom. The third kappa shape index (κ3) is 2.12. The number of anilines is 1. The van der Waals surface area contributed by atoms with Gasteiger partial charge >= 0.3 is 0 Å². The van der Waals surface area contributed by atoms with Gasteiger partial charge in [0.1, 0.15) is 0 Å². The molecule has 1 saturated heterocycles. The van der Waals surface area contributed by atoms with Gasteiger partial charge in [-0.3, -0.25) is 4.31 Å². The summed E-state index contributed by atoms with van der Waals surface area (Å²) in [5.41, 5.74) is 2.04. The molecule has 0 unspecified atom stereocenters. The second-order valence-corrected chi connectivity index (χ2v) is 7.05. The van der Waals surface area contributed by atoms with Crippen LogP contribution in [0.2, 0.25) is 0 Å². The fraction of sp³-hybridized carbons (Fsp3) is 0.538. The van der Waals surface area contributed by atoms with E-state index in [2.05, 4.69) is 5.32 Å². The van der Waals surface area contributed by atoms with E-state index in [0.717, 1.165) is 37.2 Å². The standard InChI is InChI=1S/C13H18N2O2S/c16-18(17,10-11-8-14-9-11)15-7-3-5-12-4-1-2-6-13(12)15/h1-2,4,6,11,14H,3,5,7-10H2. The van der Waals surface area contributed by atoms with Gasteiger partial charge in [0.2, 0.25) is 10.0 Å². The van der Waals surface area contributed by atoms with Crippen LogP contribution in [0, 0.1) is 5.92 Å². The van der Waals surface area contributed by atoms with E-state index in [1.165, 1.54) is 0 Å². The predicted molar refractivity (Wildman–Crippen MR) is 72.3 cm³/mol. The maximum absolute atomic E-state index is 12.4. The van der Waals surface area contributed by atoms with Gasteiger partial charge in [0, 0.05) is 19.6 Å². The lowest BCUT2D eigenvalue weighted by molar-refractivity contribution is 0.378. The van der Waals surface area contributed by atoms with Crippen LogP contribution in [0.3, 0.4) is 0 Å². The maximum Gasteiger partial charge on any atom is 0.235 e. The lowest BCUT2D eigenvalue weighted by atomic mass is 10.0. The molecule has 4 nitrogen and oxygen atoms in total. The lowest BCUT2D eigenvalue weighted by Crippen LogP contribution is -2.49. The third-order valence-electron chi connectivity index (χ3n) is 3.72. The Morgan fingerprint density at radius 3 is 2.78 bits per heavy atom. The number of hydrogen-bond donors (Lipinski definition) is 1. The zero-order chi connectivity index (χ0) is 12.6. The van der Waals surface area contributed by atoms with Crippen LogP contribution in [-0.4, -0.2) is 33.8 Å². The van der Waals surface area contributed by atoms with Crippen LogP contribution < -0.4 is 9.62 Å². The molecule has 2 aliphatic rings. The summed E-state index contributed by atoms with van der Waals surface area (Å²) in [5.74, 6) is 0.554. The van der Waals surface area contributed by atoms with Crippen LogP contribution in [-0.2, 0) is 16.4 Å². The number of benzene rings is 1. The molecule has 0 spiro atoms. The molecule has 1 N–H and O–H groups in total. The van der Waals surface area contributed by atoms with Gasteiger partial charge in [0.15, 0.2) is 0 Å². The van der Waals surface area contributed by atoms with Gasteiger partial charge in [-0.1, -0.05) is 18.2 Å². The second-order valence-electron chi connectivity index (χ2n) is 5.11. The summed E-state index contributed by atoms with van der Waals surface area (Å²) in [6.07, 6.45) is 1.90. The average Bonchev–Trinajstić information content (AvgIpc) is 2.33. The van der Waals surface area contributed by atoms with Crippen molar-refractivity contribution in [3.63, 3.8) is 0 Å². The lowest BCUT2D eigenvalue weighted by Gasteiger charge is -2.34. The minimum Gasteiger partial charge on any atom is -0.316 e. The number of nitrogens with one attached hydrogen (secondary N) is 1. The first-order valence-electron chi connectivity index (χ1n) is 6.46. The minimum atomic E-state index is -3.16. The predicted octanol–water partition coefficient (Wildman–Crippen LogP) is 0.988. The van der Waals surface area contributed by atoms with Crippen molar-refractivity contribution in [3.05, 3.63) is 29.8 Å². The van der Waals surface area contributed by atoms with Crippen LogP contribution in [0.15, 0.2) is 24.3 Å². The Kier molecular flexibility index (Phi) is 3.03. The Bertz CT molecular complexity index is 538. The fourth-order valence-electron chi connectivity index (χ4n) is 2.64. The zero-order valence-electron chi connectivity index (χ0n) is 10.3. The highest BCUT2D eigenvalue weighted by Gasteiger charge is 2.31. The molecule has 0 radical (unpaired) electrons. The summed E-state index contributed by atoms with van der Waals surface area (Å²) < 4.78 is 26.5. The molecule has 0 atom stereocenters. The number of rotatable bonds is 3. The van der Waals surface area contributed by atoms with Gasteiger partial charge in [-0.05, 0) is 30.4 Å². The normalized spacial score (nSPS) is 20.3. The molecule has 0 saturated carbocycles. The van der Waals surface area contributed by atoms with Crippen molar-refractivity contribution in [2.45, 2.75) is 12.8 Å². The molecule has 1 aromatic rings. The number of sulfonamides is 1. The largest absolute Gasteiger partial charge is 0.316 e. The second kappa shape index (κ2) is 4.55. The highest BCUT2D eigenvalue weighted by Crippen LogP contribution is 2.29. The van der Waals surface area contributed by atoms with Crippen molar-refractivity contribution >= 4 is 15.7 Å². The third-order valence-corrected chi connectivity index (χ3v) is 5.66. The van der Waals surface area contributed by atoms with Crippen LogP contribution in [0.25, 0.3) is 0 Å². The molecule has 0 bridgehead atoms. The number of hydrogen-bond acceptors (Lipinski definition) is 3. The van der Waals surface area contributed by atoms with E-state index < -0.39 is 10.0 Å². The molecule has 5 heteroatoms. The van der Waals surface area contributed by atoms with Gasteiger partial charge < -0.3 is 5.32 Å². The van der Waals surface area contributed by atoms with E-state index in [1.54, 1.807) is 4.31 Å². The Morgan fingerprint density at radius 1 is 1.28 bits per heavy atom. The summed E-state index contributed by atoms with van der Waals surface area (Å²) in [6, 6.07) is 7.84. The first kappa shape index (κ1) is 12.0. The van der Waals surface area contributed by atoms with E-state index in [9.17, 15) is 8.42 Å². The maximum atomic E-state index is 12.4. The van der Waals surface area contributed by atoms with Crippen molar-refractivity contribution in [2.75, 3.05) is 29.7 Å². The topological polar surface area (TPSA) is 49.4 Å². The Hall–Kier alpha value is -1.07. The van der Waals surface area contributed by atoms with E-state index in [0.29, 0.717) is 6.54 Å². The summed E-state index contributed by atoms with van der Waals surface area (Å²) in [6.45, 7) is 2.28. The molecule has 1 aromatic carbocycles. The molecule has 2 heterocycles. The highest BCUT2D eigenvalue weighted by molar-refractivity contribution is 7.92. The van der Waals surface area contributed by atoms with E-state index in [1.807, 2.05) is 24.3 Å². The number of fused-ring (bicyclic) bond motifs is 1. The van der Waals surface area contributed by atoms with E-state index in [-0.39, 0.29) is 11.7 Å². The molecule has 0 amide bonds. The first-order chi connectivity index (χ1) is 8.67. The summed E-state index contributed by atoms with van der Waals surface area (Å²) >= 11 is 0. The Balaban J connectivity index is 1.88. The molecule has 0 aromatic heterocycles. The highest BCUT2D eigenvalue weighted by atomic mass is 32.2. The van der Waals surface area contributed by atoms with Crippen LogP contribution in [0.5, 0.6) is 0 Å². The smallest absolute Gasteiger partial charge is 0.235 e. The van der Waals surface area contributed by atoms with Crippen LogP contribution >= 0.6 is 0 Å². The van der Waals surface area contributed by atoms with Crippen molar-refractivity contribution < 1.29 is 8.42 Å². The molecule has 1 fully saturated rings. The average molecular weight is 266 g/mol. The summed E-state index contributed by atoms with van der Waals surface area (Å²) in [5, 5.41) is 3.12. The first-order valence-corrected chi connectivity index (χ1v) is 8.07. The number of aryl methyl sites for hydroxylation is 1. The van der Waals surface area contributed by atoms with Crippen molar-refractivity contribution in [1.29, 1.82) is 0 Å². The van der Waals surface area contributed by atoms with Gasteiger partial charge in [0.05, 0.1) is 11.4 Å². The fourth-order valence-corrected chi connectivity index (χ4v) is 4.54. The SMILES string of the molecule is O=S(=O)(CC1CNC1)N1CCCc2ccccc21. The van der Waals surface area contributed by atoms with Crippen LogP contribution in [0.1, 0.15) is 12.0 Å². The molecule has 98 valence electrons. The van der Waals surface area contributed by atoms with E-state index in [4.69, 9.17) is 0 Å². The quantitative estimate of drug-likeness (QED) is 0.887. The summed E-state index contributed by atoms with van der Waals surface area (Å²) in [7, 11) is -3.16. The van der Waals surface area contributed by atoms with Crippen molar-refractivity contribution in [2.24, 2.45) is 5.92 Å². The molecule has 0 aliphatic carbocycles. The monoisotopic (exact) mass is 266 g/mol. The minimum absolute atomic E-state index is 0.272. The van der Waals surface area contributed by atoms with Gasteiger partial charge in [-0.2, -0.15) is 0 Å². The molecule has 18 heavy (non-hydrogen) atoms. The molecule has 2 aliphatic heterocycles. The van der Waals surface area contributed by atoms with Crippen LogP contribution in [0.4, 0.5) is 5.69 Å². The van der Waals surface area contributed by atoms with Gasteiger partial charge in [0.25, 0.3) is 0 Å². The molecular formula is C13H18N2O2S. The zero-order valence-corrected chi connectivity index (χ0v) is 11.1. The molecule has 3 rings (SSSR count). The number of para-hydroxylation sites is 1. The number of nitrogens with zero attached hydrogens (tertiary/aromatic N) is 1. The van der Waals surface area contributed by atoms with Gasteiger partial charge in [-0.25, -0.2) is 8.42 Å². The summed E-state index contributed by atoms with van der Waals surface area (Å²) in [4.78, 5) is 0. The molecular weight excluding hydrogens is 248 g/mol. The van der Waals surface area contributed by atoms with Gasteiger partial charge in [-0.15, -0.1) is 0 Å². The Labute approximate surface area is 108 Å². The van der Waals surface area contributed by atoms with E-state index >= 15 is 0 Å².